The summed E-state index contributed by atoms with van der Waals surface area (Å²) in [5.74, 6) is -0.183. The highest BCUT2D eigenvalue weighted by atomic mass is 16.6. The van der Waals surface area contributed by atoms with Gasteiger partial charge in [-0.05, 0) is 0 Å². The van der Waals surface area contributed by atoms with Gasteiger partial charge >= 0.3 is 0 Å². The van der Waals surface area contributed by atoms with Gasteiger partial charge in [0, 0.05) is 20.1 Å². The summed E-state index contributed by atoms with van der Waals surface area (Å²) in [6.45, 7) is 3.00. The first-order chi connectivity index (χ1) is 7.81. The van der Waals surface area contributed by atoms with Crippen LogP contribution < -0.4 is 16.5 Å². The van der Waals surface area contributed by atoms with E-state index in [2.05, 4.69) is 15.6 Å². The molecule has 0 aliphatic rings. The quantitative estimate of drug-likeness (QED) is 0.290. The zero-order chi connectivity index (χ0) is 12.1. The van der Waals surface area contributed by atoms with E-state index >= 15 is 0 Å². The number of hydrogen-bond donors (Lipinski definition) is 3. The normalized spacial score (nSPS) is 10.4. The van der Waals surface area contributed by atoms with Crippen molar-refractivity contribution >= 4 is 5.91 Å². The number of hydroxylamine groups is 1. The summed E-state index contributed by atoms with van der Waals surface area (Å²) in [5.41, 5.74) is 7.64. The minimum absolute atomic E-state index is 0.00386. The van der Waals surface area contributed by atoms with Crippen LogP contribution in [0.15, 0.2) is 0 Å². The molecular formula is C9H21N3O4. The van der Waals surface area contributed by atoms with Gasteiger partial charge in [0.1, 0.15) is 6.61 Å². The molecule has 0 fully saturated rings. The average molecular weight is 235 g/mol. The van der Waals surface area contributed by atoms with E-state index in [-0.39, 0.29) is 12.5 Å². The molecule has 0 aliphatic heterocycles. The van der Waals surface area contributed by atoms with Crippen LogP contribution in [0, 0.1) is 0 Å². The Kier molecular flexibility index (Phi) is 11.8. The smallest absolute Gasteiger partial charge is 0.248 e. The molecular weight excluding hydrogens is 214 g/mol. The van der Waals surface area contributed by atoms with E-state index in [4.69, 9.17) is 15.2 Å². The fourth-order valence-corrected chi connectivity index (χ4v) is 0.857. The average Bonchev–Trinajstić information content (AvgIpc) is 2.30. The molecule has 1 amide bonds. The summed E-state index contributed by atoms with van der Waals surface area (Å²) in [5, 5.41) is 2.63. The maximum Gasteiger partial charge on any atom is 0.248 e. The van der Waals surface area contributed by atoms with Crippen molar-refractivity contribution in [3.63, 3.8) is 0 Å². The molecule has 0 radical (unpaired) electrons. The first kappa shape index (κ1) is 15.3. The maximum atomic E-state index is 11.0. The van der Waals surface area contributed by atoms with Crippen LogP contribution in [0.3, 0.4) is 0 Å². The summed E-state index contributed by atoms with van der Waals surface area (Å²) in [4.78, 5) is 15.7. The second-order valence-electron chi connectivity index (χ2n) is 2.86. The molecule has 7 heteroatoms. The molecule has 0 rings (SSSR count). The van der Waals surface area contributed by atoms with Crippen molar-refractivity contribution in [2.24, 2.45) is 5.73 Å². The van der Waals surface area contributed by atoms with Gasteiger partial charge in [-0.2, -0.15) is 0 Å². The number of rotatable bonds is 11. The SMILES string of the molecule is CNOCC(=O)NCCOCCOCCN. The summed E-state index contributed by atoms with van der Waals surface area (Å²) < 4.78 is 10.3. The molecule has 0 bridgehead atoms. The molecule has 96 valence electrons. The molecule has 4 N–H and O–H groups in total. The number of nitrogens with two attached hydrogens (primary N) is 1. The van der Waals surface area contributed by atoms with Gasteiger partial charge in [0.15, 0.2) is 0 Å². The molecule has 0 saturated carbocycles. The molecule has 0 saturated heterocycles. The van der Waals surface area contributed by atoms with Gasteiger partial charge in [-0.1, -0.05) is 0 Å². The van der Waals surface area contributed by atoms with Crippen LogP contribution >= 0.6 is 0 Å². The van der Waals surface area contributed by atoms with Crippen molar-refractivity contribution in [3.05, 3.63) is 0 Å². The van der Waals surface area contributed by atoms with Gasteiger partial charge in [0.25, 0.3) is 0 Å². The van der Waals surface area contributed by atoms with Crippen LogP contribution in [0.25, 0.3) is 0 Å². The van der Waals surface area contributed by atoms with Crippen LogP contribution in [0.2, 0.25) is 0 Å². The Morgan fingerprint density at radius 3 is 2.50 bits per heavy atom. The van der Waals surface area contributed by atoms with Gasteiger partial charge in [-0.25, -0.2) is 5.48 Å². The van der Waals surface area contributed by atoms with Crippen LogP contribution in [-0.2, 0) is 19.1 Å². The Bertz CT molecular complexity index is 169. The predicted octanol–water partition coefficient (Wildman–Crippen LogP) is -1.75. The lowest BCUT2D eigenvalue weighted by Crippen LogP contribution is -2.32. The summed E-state index contributed by atoms with van der Waals surface area (Å²) >= 11 is 0. The number of ether oxygens (including phenoxy) is 2. The molecule has 0 aromatic carbocycles. The van der Waals surface area contributed by atoms with Crippen molar-refractivity contribution < 1.29 is 19.1 Å². The second-order valence-corrected chi connectivity index (χ2v) is 2.86. The molecule has 0 atom stereocenters. The van der Waals surface area contributed by atoms with E-state index < -0.39 is 0 Å². The minimum Gasteiger partial charge on any atom is -0.378 e. The van der Waals surface area contributed by atoms with Gasteiger partial charge < -0.3 is 20.5 Å². The van der Waals surface area contributed by atoms with E-state index in [1.54, 1.807) is 7.05 Å². The standard InChI is InChI=1S/C9H21N3O4/c1-11-16-8-9(13)12-3-5-15-7-6-14-4-2-10/h11H,2-8,10H2,1H3,(H,12,13). The first-order valence-corrected chi connectivity index (χ1v) is 5.22. The maximum absolute atomic E-state index is 11.0. The highest BCUT2D eigenvalue weighted by Crippen LogP contribution is 1.77. The molecule has 0 aliphatic carbocycles. The van der Waals surface area contributed by atoms with Crippen molar-refractivity contribution in [2.75, 3.05) is 53.2 Å². The van der Waals surface area contributed by atoms with Crippen LogP contribution in [0.4, 0.5) is 0 Å². The molecule has 0 heterocycles. The Balaban J connectivity index is 3.05. The highest BCUT2D eigenvalue weighted by molar-refractivity contribution is 5.77. The van der Waals surface area contributed by atoms with Crippen LogP contribution in [-0.4, -0.2) is 59.1 Å². The monoisotopic (exact) mass is 235 g/mol. The summed E-state index contributed by atoms with van der Waals surface area (Å²) in [6.07, 6.45) is 0. The van der Waals surface area contributed by atoms with Crippen LogP contribution in [0.5, 0.6) is 0 Å². The van der Waals surface area contributed by atoms with Crippen LogP contribution in [0.1, 0.15) is 0 Å². The number of hydrogen-bond acceptors (Lipinski definition) is 6. The summed E-state index contributed by atoms with van der Waals surface area (Å²) in [6, 6.07) is 0. The molecule has 16 heavy (non-hydrogen) atoms. The third-order valence-corrected chi connectivity index (χ3v) is 1.55. The Labute approximate surface area is 95.6 Å². The lowest BCUT2D eigenvalue weighted by molar-refractivity contribution is -0.128. The van der Waals surface area contributed by atoms with Gasteiger partial charge in [0.2, 0.25) is 5.91 Å². The Hall–Kier alpha value is -0.730. The van der Waals surface area contributed by atoms with Crippen molar-refractivity contribution in [1.29, 1.82) is 0 Å². The zero-order valence-electron chi connectivity index (χ0n) is 9.66. The molecule has 0 unspecified atom stereocenters. The van der Waals surface area contributed by atoms with Crippen molar-refractivity contribution in [1.82, 2.24) is 10.8 Å². The highest BCUT2D eigenvalue weighted by Gasteiger charge is 1.99. The number of carbonyl (C=O) groups excluding carboxylic acids is 1. The van der Waals surface area contributed by atoms with Crippen molar-refractivity contribution in [2.45, 2.75) is 0 Å². The van der Waals surface area contributed by atoms with Gasteiger partial charge in [-0.15, -0.1) is 0 Å². The summed E-state index contributed by atoms with van der Waals surface area (Å²) in [7, 11) is 1.59. The van der Waals surface area contributed by atoms with Gasteiger partial charge in [-0.3, -0.25) is 9.63 Å². The third-order valence-electron chi connectivity index (χ3n) is 1.55. The molecule has 0 aromatic heterocycles. The van der Waals surface area contributed by atoms with E-state index in [9.17, 15) is 4.79 Å². The topological polar surface area (TPSA) is 94.8 Å². The Morgan fingerprint density at radius 1 is 1.19 bits per heavy atom. The predicted molar refractivity (Wildman–Crippen MR) is 58.7 cm³/mol. The first-order valence-electron chi connectivity index (χ1n) is 5.22. The molecule has 0 spiro atoms. The fourth-order valence-electron chi connectivity index (χ4n) is 0.857. The Morgan fingerprint density at radius 2 is 1.88 bits per heavy atom. The van der Waals surface area contributed by atoms with E-state index in [1.807, 2.05) is 0 Å². The lowest BCUT2D eigenvalue weighted by atomic mass is 10.6. The third kappa shape index (κ3) is 11.3. The molecule has 7 nitrogen and oxygen atoms in total. The fraction of sp³-hybridized carbons (Fsp3) is 0.889. The zero-order valence-corrected chi connectivity index (χ0v) is 9.66. The lowest BCUT2D eigenvalue weighted by Gasteiger charge is -2.06. The largest absolute Gasteiger partial charge is 0.378 e. The number of carbonyl (C=O) groups is 1. The minimum atomic E-state index is -0.183. The number of nitrogens with one attached hydrogen (secondary N) is 2. The van der Waals surface area contributed by atoms with E-state index in [0.717, 1.165) is 0 Å². The van der Waals surface area contributed by atoms with Crippen molar-refractivity contribution in [3.8, 4) is 0 Å². The van der Waals surface area contributed by atoms with Gasteiger partial charge in [0.05, 0.1) is 26.4 Å². The molecule has 0 aromatic rings. The second kappa shape index (κ2) is 12.3. The van der Waals surface area contributed by atoms with E-state index in [0.29, 0.717) is 39.5 Å². The number of amides is 1. The van der Waals surface area contributed by atoms with E-state index in [1.165, 1.54) is 0 Å².